The van der Waals surface area contributed by atoms with Crippen LogP contribution < -0.4 is 5.73 Å². The van der Waals surface area contributed by atoms with Gasteiger partial charge in [0, 0.05) is 33.3 Å². The molecule has 0 aliphatic carbocycles. The topological polar surface area (TPSA) is 58.8 Å². The number of carbonyl (C=O) groups is 1. The smallest absolute Gasteiger partial charge is 0.224 e. The van der Waals surface area contributed by atoms with E-state index < -0.39 is 0 Å². The third-order valence-electron chi connectivity index (χ3n) is 3.52. The van der Waals surface area contributed by atoms with E-state index in [4.69, 9.17) is 22.7 Å². The number of nitrogens with zero attached hydrogens (tertiary/aromatic N) is 2. The van der Waals surface area contributed by atoms with Gasteiger partial charge < -0.3 is 15.4 Å². The summed E-state index contributed by atoms with van der Waals surface area (Å²) in [7, 11) is 1.61. The quantitative estimate of drug-likeness (QED) is 0.696. The Morgan fingerprint density at radius 3 is 2.47 bits per heavy atom. The van der Waals surface area contributed by atoms with E-state index in [0.717, 1.165) is 39.0 Å². The predicted molar refractivity (Wildman–Crippen MR) is 80.1 cm³/mol. The summed E-state index contributed by atoms with van der Waals surface area (Å²) in [5.74, 6) is 0.170. The molecule has 1 atom stereocenters. The second kappa shape index (κ2) is 8.45. The molecule has 6 heteroatoms. The molecule has 1 saturated heterocycles. The number of hydrogen-bond donors (Lipinski definition) is 1. The second-order valence-electron chi connectivity index (χ2n) is 4.87. The molecule has 1 heterocycles. The maximum atomic E-state index is 11.9. The van der Waals surface area contributed by atoms with Crippen molar-refractivity contribution in [2.75, 3.05) is 39.9 Å². The average molecular weight is 287 g/mol. The minimum absolute atomic E-state index is 0.170. The normalized spacial score (nSPS) is 18.3. The molecule has 0 aromatic carbocycles. The molecule has 1 fully saturated rings. The van der Waals surface area contributed by atoms with Gasteiger partial charge in [0.1, 0.15) is 0 Å². The second-order valence-corrected chi connectivity index (χ2v) is 5.34. The fourth-order valence-corrected chi connectivity index (χ4v) is 2.68. The van der Waals surface area contributed by atoms with Crippen molar-refractivity contribution in [1.82, 2.24) is 9.80 Å². The van der Waals surface area contributed by atoms with E-state index in [1.165, 1.54) is 0 Å². The van der Waals surface area contributed by atoms with Crippen LogP contribution in [0.15, 0.2) is 0 Å². The van der Waals surface area contributed by atoms with Crippen LogP contribution in [-0.2, 0) is 9.53 Å². The van der Waals surface area contributed by atoms with Crippen LogP contribution in [-0.4, -0.2) is 66.6 Å². The van der Waals surface area contributed by atoms with Crippen molar-refractivity contribution in [3.05, 3.63) is 0 Å². The molecular formula is C13H25N3O2S. The largest absolute Gasteiger partial charge is 0.392 e. The van der Waals surface area contributed by atoms with Crippen molar-refractivity contribution in [1.29, 1.82) is 0 Å². The van der Waals surface area contributed by atoms with E-state index in [-0.39, 0.29) is 11.9 Å². The van der Waals surface area contributed by atoms with Gasteiger partial charge in [0.15, 0.2) is 0 Å². The van der Waals surface area contributed by atoms with Crippen LogP contribution in [0.4, 0.5) is 0 Å². The fourth-order valence-electron chi connectivity index (χ4n) is 2.41. The van der Waals surface area contributed by atoms with E-state index in [2.05, 4.69) is 11.8 Å². The molecular weight excluding hydrogens is 262 g/mol. The number of methoxy groups -OCH3 is 1. The van der Waals surface area contributed by atoms with Gasteiger partial charge >= 0.3 is 0 Å². The lowest BCUT2D eigenvalue weighted by molar-refractivity contribution is -0.134. The van der Waals surface area contributed by atoms with E-state index in [1.807, 2.05) is 4.90 Å². The Kier molecular flexibility index (Phi) is 7.27. The molecule has 5 nitrogen and oxygen atoms in total. The van der Waals surface area contributed by atoms with Gasteiger partial charge in [0.2, 0.25) is 5.91 Å². The zero-order chi connectivity index (χ0) is 14.3. The van der Waals surface area contributed by atoms with E-state index in [0.29, 0.717) is 18.0 Å². The van der Waals surface area contributed by atoms with Crippen molar-refractivity contribution >= 4 is 23.1 Å². The van der Waals surface area contributed by atoms with Crippen LogP contribution >= 0.6 is 12.2 Å². The van der Waals surface area contributed by atoms with Gasteiger partial charge in [0.25, 0.3) is 0 Å². The zero-order valence-corrected chi connectivity index (χ0v) is 12.7. The van der Waals surface area contributed by atoms with Gasteiger partial charge in [-0.3, -0.25) is 9.69 Å². The number of carbonyl (C=O) groups excluding carboxylic acids is 1. The molecule has 1 rings (SSSR count). The van der Waals surface area contributed by atoms with Crippen LogP contribution in [0.3, 0.4) is 0 Å². The SMILES string of the molecule is CCCC(C(N)=S)N1CCN(C(=O)CCOC)CC1. The van der Waals surface area contributed by atoms with Crippen molar-refractivity contribution < 1.29 is 9.53 Å². The molecule has 0 aromatic heterocycles. The summed E-state index contributed by atoms with van der Waals surface area (Å²) in [6.45, 7) is 5.83. The lowest BCUT2D eigenvalue weighted by atomic mass is 10.1. The van der Waals surface area contributed by atoms with Gasteiger partial charge in [0.05, 0.1) is 24.1 Å². The summed E-state index contributed by atoms with van der Waals surface area (Å²) < 4.78 is 4.93. The van der Waals surface area contributed by atoms with Crippen molar-refractivity contribution in [2.45, 2.75) is 32.2 Å². The number of amides is 1. The Bertz CT molecular complexity index is 304. The van der Waals surface area contributed by atoms with Gasteiger partial charge in [-0.15, -0.1) is 0 Å². The lowest BCUT2D eigenvalue weighted by Crippen LogP contribution is -2.54. The number of hydrogen-bond acceptors (Lipinski definition) is 4. The first-order chi connectivity index (χ1) is 9.10. The number of thiocarbonyl (C=S) groups is 1. The molecule has 19 heavy (non-hydrogen) atoms. The number of ether oxygens (including phenoxy) is 1. The summed E-state index contributed by atoms with van der Waals surface area (Å²) in [6.07, 6.45) is 2.52. The Hall–Kier alpha value is -0.720. The summed E-state index contributed by atoms with van der Waals surface area (Å²) in [5.41, 5.74) is 5.81. The monoisotopic (exact) mass is 287 g/mol. The highest BCUT2D eigenvalue weighted by atomic mass is 32.1. The standard InChI is InChI=1S/C13H25N3O2S/c1-3-4-11(13(14)19)15-6-8-16(9-7-15)12(17)5-10-18-2/h11H,3-10H2,1-2H3,(H2,14,19). The fraction of sp³-hybridized carbons (Fsp3) is 0.846. The van der Waals surface area contributed by atoms with Crippen LogP contribution in [0.5, 0.6) is 0 Å². The molecule has 1 aliphatic rings. The molecule has 0 saturated carbocycles. The summed E-state index contributed by atoms with van der Waals surface area (Å²) in [5, 5.41) is 0. The first-order valence-corrected chi connectivity index (χ1v) is 7.31. The van der Waals surface area contributed by atoms with Crippen LogP contribution in [0.25, 0.3) is 0 Å². The predicted octanol–water partition coefficient (Wildman–Crippen LogP) is 0.622. The van der Waals surface area contributed by atoms with E-state index >= 15 is 0 Å². The number of rotatable bonds is 7. The molecule has 0 bridgehead atoms. The summed E-state index contributed by atoms with van der Waals surface area (Å²) in [6, 6.07) is 0.177. The minimum atomic E-state index is 0.170. The Balaban J connectivity index is 2.42. The van der Waals surface area contributed by atoms with Crippen LogP contribution in [0.2, 0.25) is 0 Å². The molecule has 1 aliphatic heterocycles. The summed E-state index contributed by atoms with van der Waals surface area (Å²) >= 11 is 5.14. The maximum Gasteiger partial charge on any atom is 0.224 e. The van der Waals surface area contributed by atoms with Gasteiger partial charge in [-0.05, 0) is 6.42 Å². The van der Waals surface area contributed by atoms with Crippen molar-refractivity contribution in [3.8, 4) is 0 Å². The average Bonchev–Trinajstić information content (AvgIpc) is 2.42. The van der Waals surface area contributed by atoms with E-state index in [1.54, 1.807) is 7.11 Å². The van der Waals surface area contributed by atoms with Gasteiger partial charge in [-0.25, -0.2) is 0 Å². The lowest BCUT2D eigenvalue weighted by Gasteiger charge is -2.39. The number of nitrogens with two attached hydrogens (primary N) is 1. The highest BCUT2D eigenvalue weighted by molar-refractivity contribution is 7.80. The third kappa shape index (κ3) is 5.04. The van der Waals surface area contributed by atoms with E-state index in [9.17, 15) is 4.79 Å². The highest BCUT2D eigenvalue weighted by Gasteiger charge is 2.26. The molecule has 0 spiro atoms. The zero-order valence-electron chi connectivity index (χ0n) is 11.9. The van der Waals surface area contributed by atoms with Crippen LogP contribution in [0, 0.1) is 0 Å². The Morgan fingerprint density at radius 1 is 1.37 bits per heavy atom. The molecule has 1 amide bonds. The molecule has 0 aromatic rings. The first-order valence-electron chi connectivity index (χ1n) is 6.90. The maximum absolute atomic E-state index is 11.9. The van der Waals surface area contributed by atoms with Crippen LogP contribution in [0.1, 0.15) is 26.2 Å². The first kappa shape index (κ1) is 16.3. The third-order valence-corrected chi connectivity index (χ3v) is 3.79. The Morgan fingerprint density at radius 2 is 2.00 bits per heavy atom. The van der Waals surface area contributed by atoms with Crippen molar-refractivity contribution in [3.63, 3.8) is 0 Å². The minimum Gasteiger partial charge on any atom is -0.392 e. The Labute approximate surface area is 121 Å². The summed E-state index contributed by atoms with van der Waals surface area (Å²) in [4.78, 5) is 16.6. The molecule has 110 valence electrons. The van der Waals surface area contributed by atoms with Crippen molar-refractivity contribution in [2.24, 2.45) is 5.73 Å². The highest BCUT2D eigenvalue weighted by Crippen LogP contribution is 2.12. The number of piperazine rings is 1. The molecule has 0 radical (unpaired) electrons. The van der Waals surface area contributed by atoms with Gasteiger partial charge in [-0.1, -0.05) is 25.6 Å². The molecule has 2 N–H and O–H groups in total. The van der Waals surface area contributed by atoms with Gasteiger partial charge in [-0.2, -0.15) is 0 Å². The molecule has 1 unspecified atom stereocenters.